The minimum absolute atomic E-state index is 0.0302. The Kier molecular flexibility index (Phi) is 12.1. The van der Waals surface area contributed by atoms with Gasteiger partial charge in [0.15, 0.2) is 0 Å². The molecule has 1 saturated carbocycles. The molecule has 1 N–H and O–H groups in total. The Balaban J connectivity index is 0.930. The molecule has 4 aliphatic rings. The molecule has 2 aromatic carbocycles. The van der Waals surface area contributed by atoms with Crippen molar-refractivity contribution in [3.63, 3.8) is 0 Å². The number of piperidine rings is 1. The molecule has 4 fully saturated rings. The van der Waals surface area contributed by atoms with Crippen molar-refractivity contribution in [1.29, 1.82) is 0 Å². The summed E-state index contributed by atoms with van der Waals surface area (Å²) >= 11 is 0. The fourth-order valence-corrected chi connectivity index (χ4v) is 10.1. The van der Waals surface area contributed by atoms with E-state index < -0.39 is 5.92 Å². The van der Waals surface area contributed by atoms with Crippen LogP contribution in [0.4, 0.5) is 8.78 Å². The molecule has 11 heteroatoms. The monoisotopic (exact) mass is 784 g/mol. The number of aryl methyl sites for hydroxylation is 1. The number of imide groups is 1. The molecule has 1 aliphatic carbocycles. The summed E-state index contributed by atoms with van der Waals surface area (Å²) in [6.07, 6.45) is 9.67. The second-order valence-electron chi connectivity index (χ2n) is 18.9. The highest BCUT2D eigenvalue weighted by atomic mass is 19.3. The average molecular weight is 785 g/mol. The largest absolute Gasteiger partial charge is 0.349 e. The van der Waals surface area contributed by atoms with Crippen molar-refractivity contribution in [3.05, 3.63) is 82.9 Å². The Labute approximate surface area is 337 Å². The predicted molar refractivity (Wildman–Crippen MR) is 217 cm³/mol. The number of hydrogen-bond donors (Lipinski definition) is 1. The third-order valence-corrected chi connectivity index (χ3v) is 13.7. The van der Waals surface area contributed by atoms with Gasteiger partial charge in [-0.05, 0) is 98.8 Å². The van der Waals surface area contributed by atoms with E-state index in [4.69, 9.17) is 5.10 Å². The first-order chi connectivity index (χ1) is 27.1. The third-order valence-electron chi connectivity index (χ3n) is 13.7. The van der Waals surface area contributed by atoms with Crippen LogP contribution in [0.1, 0.15) is 156 Å². The van der Waals surface area contributed by atoms with E-state index in [1.165, 1.54) is 10.5 Å². The van der Waals surface area contributed by atoms with Crippen molar-refractivity contribution in [2.24, 2.45) is 11.3 Å². The molecular formula is C46H62F2N6O3. The Morgan fingerprint density at radius 1 is 0.895 bits per heavy atom. The minimum Gasteiger partial charge on any atom is -0.349 e. The molecule has 57 heavy (non-hydrogen) atoms. The SMILES string of the molecule is Cc1nnc(CC(C)(C)CCCC(C)(C)c2ccc(C(=O)N3CCC3=O)cc2)n1C1CC2CCC(C1)N2CCC(NC(=O)C1CCC(F)(F)CC1)c1ccccc1. The van der Waals surface area contributed by atoms with Gasteiger partial charge in [-0.2, -0.15) is 0 Å². The molecule has 3 aromatic rings. The van der Waals surface area contributed by atoms with Gasteiger partial charge in [0.2, 0.25) is 17.7 Å². The molecule has 0 spiro atoms. The number of aromatic nitrogens is 3. The Morgan fingerprint density at radius 2 is 1.56 bits per heavy atom. The van der Waals surface area contributed by atoms with Gasteiger partial charge in [0.05, 0.1) is 6.04 Å². The molecule has 3 unspecified atom stereocenters. The van der Waals surface area contributed by atoms with Gasteiger partial charge in [0, 0.05) is 68.4 Å². The molecule has 4 heterocycles. The maximum Gasteiger partial charge on any atom is 0.260 e. The first kappa shape index (κ1) is 41.2. The molecule has 308 valence electrons. The van der Waals surface area contributed by atoms with Gasteiger partial charge in [-0.25, -0.2) is 8.78 Å². The van der Waals surface area contributed by atoms with Gasteiger partial charge < -0.3 is 9.88 Å². The first-order valence-electron chi connectivity index (χ1n) is 21.4. The van der Waals surface area contributed by atoms with E-state index in [1.54, 1.807) is 0 Å². The van der Waals surface area contributed by atoms with E-state index >= 15 is 0 Å². The fourth-order valence-electron chi connectivity index (χ4n) is 10.1. The number of β-lactam (4-membered cyclic amide) rings is 1. The lowest BCUT2D eigenvalue weighted by atomic mass is 9.76. The Bertz CT molecular complexity index is 1870. The fraction of sp³-hybridized carbons (Fsp3) is 0.630. The van der Waals surface area contributed by atoms with Gasteiger partial charge in [-0.3, -0.25) is 24.2 Å². The lowest BCUT2D eigenvalue weighted by Gasteiger charge is -2.41. The number of halogens is 2. The summed E-state index contributed by atoms with van der Waals surface area (Å²) in [6.45, 7) is 12.7. The molecule has 0 radical (unpaired) electrons. The van der Waals surface area contributed by atoms with Gasteiger partial charge in [0.1, 0.15) is 11.6 Å². The number of alkyl halides is 2. The summed E-state index contributed by atoms with van der Waals surface area (Å²) in [5, 5.41) is 12.6. The highest BCUT2D eigenvalue weighted by molar-refractivity contribution is 6.07. The number of hydrogen-bond acceptors (Lipinski definition) is 6. The topological polar surface area (TPSA) is 100 Å². The van der Waals surface area contributed by atoms with Crippen LogP contribution in [0, 0.1) is 18.3 Å². The van der Waals surface area contributed by atoms with Crippen LogP contribution in [-0.2, 0) is 21.4 Å². The maximum atomic E-state index is 13.8. The molecule has 3 saturated heterocycles. The standard InChI is InChI=1S/C46H62F2N6O3/c1-31-50-51-40(30-44(2,3)22-9-23-45(4,5)35-14-12-34(13-15-35)43(57)53-27-21-41(53)55)54(31)38-28-36-16-17-37(29-38)52(36)26-20-39(32-10-7-6-8-11-32)49-42(56)33-18-24-46(47,48)25-19-33/h6-8,10-15,33,36-39H,9,16-30H2,1-5H3,(H,49,56). The number of carbonyl (C=O) groups is 3. The number of fused-ring (bicyclic) bond motifs is 2. The van der Waals surface area contributed by atoms with Crippen LogP contribution >= 0.6 is 0 Å². The number of nitrogens with one attached hydrogen (secondary N) is 1. The van der Waals surface area contributed by atoms with Crippen molar-refractivity contribution >= 4 is 17.7 Å². The van der Waals surface area contributed by atoms with Crippen LogP contribution in [0.2, 0.25) is 0 Å². The summed E-state index contributed by atoms with van der Waals surface area (Å²) in [4.78, 5) is 41.7. The van der Waals surface area contributed by atoms with Crippen molar-refractivity contribution in [3.8, 4) is 0 Å². The zero-order valence-corrected chi connectivity index (χ0v) is 34.6. The normalized spacial score (nSPS) is 23.3. The summed E-state index contributed by atoms with van der Waals surface area (Å²) in [7, 11) is 0. The Morgan fingerprint density at radius 3 is 2.18 bits per heavy atom. The second-order valence-corrected chi connectivity index (χ2v) is 18.9. The summed E-state index contributed by atoms with van der Waals surface area (Å²) in [5.74, 6) is -1.35. The summed E-state index contributed by atoms with van der Waals surface area (Å²) < 4.78 is 30.1. The number of likely N-dealkylation sites (tertiary alicyclic amines) is 1. The van der Waals surface area contributed by atoms with Crippen LogP contribution in [0.15, 0.2) is 54.6 Å². The van der Waals surface area contributed by atoms with Gasteiger partial charge in [0.25, 0.3) is 5.91 Å². The summed E-state index contributed by atoms with van der Waals surface area (Å²) in [5.41, 5.74) is 2.79. The van der Waals surface area contributed by atoms with Gasteiger partial charge in [-0.1, -0.05) is 76.6 Å². The molecule has 3 aliphatic heterocycles. The second kappa shape index (κ2) is 16.7. The molecule has 2 bridgehead atoms. The minimum atomic E-state index is -2.65. The van der Waals surface area contributed by atoms with Crippen LogP contribution in [-0.4, -0.2) is 73.4 Å². The number of amides is 3. The Hall–Kier alpha value is -3.99. The van der Waals surface area contributed by atoms with Crippen LogP contribution < -0.4 is 5.32 Å². The molecule has 7 rings (SSSR count). The van der Waals surface area contributed by atoms with Crippen molar-refractivity contribution in [2.75, 3.05) is 13.1 Å². The third kappa shape index (κ3) is 9.50. The van der Waals surface area contributed by atoms with E-state index in [9.17, 15) is 23.2 Å². The van der Waals surface area contributed by atoms with E-state index in [1.807, 2.05) is 42.5 Å². The molecule has 1 aromatic heterocycles. The van der Waals surface area contributed by atoms with Crippen molar-refractivity contribution < 1.29 is 23.2 Å². The lowest BCUT2D eigenvalue weighted by molar-refractivity contribution is -0.136. The van der Waals surface area contributed by atoms with Crippen LogP contribution in [0.3, 0.4) is 0 Å². The molecule has 9 nitrogen and oxygen atoms in total. The number of rotatable bonds is 15. The number of nitrogens with zero attached hydrogens (tertiary/aromatic N) is 5. The summed E-state index contributed by atoms with van der Waals surface area (Å²) in [6, 6.07) is 19.0. The van der Waals surface area contributed by atoms with Crippen molar-refractivity contribution in [1.82, 2.24) is 29.9 Å². The zero-order valence-electron chi connectivity index (χ0n) is 34.6. The van der Waals surface area contributed by atoms with Crippen LogP contribution in [0.5, 0.6) is 0 Å². The molecule has 3 atom stereocenters. The highest BCUT2D eigenvalue weighted by Gasteiger charge is 2.43. The first-order valence-corrected chi connectivity index (χ1v) is 21.4. The molecular weight excluding hydrogens is 723 g/mol. The zero-order chi connectivity index (χ0) is 40.5. The van der Waals surface area contributed by atoms with Crippen molar-refractivity contribution in [2.45, 2.75) is 160 Å². The van der Waals surface area contributed by atoms with Gasteiger partial charge in [-0.15, -0.1) is 10.2 Å². The van der Waals surface area contributed by atoms with E-state index in [-0.39, 0.29) is 66.2 Å². The predicted octanol–water partition coefficient (Wildman–Crippen LogP) is 8.92. The quantitative estimate of drug-likeness (QED) is 0.122. The van der Waals surface area contributed by atoms with Gasteiger partial charge >= 0.3 is 0 Å². The molecule has 3 amide bonds. The van der Waals surface area contributed by atoms with Crippen LogP contribution in [0.25, 0.3) is 0 Å². The lowest BCUT2D eigenvalue weighted by Crippen LogP contribution is -2.47. The highest BCUT2D eigenvalue weighted by Crippen LogP contribution is 2.43. The van der Waals surface area contributed by atoms with E-state index in [0.717, 1.165) is 81.5 Å². The average Bonchev–Trinajstić information content (AvgIpc) is 3.64. The van der Waals surface area contributed by atoms with E-state index in [0.29, 0.717) is 36.7 Å². The smallest absolute Gasteiger partial charge is 0.260 e. The number of carbonyl (C=O) groups excluding carboxylic acids is 3. The number of benzene rings is 2. The maximum absolute atomic E-state index is 13.8. The van der Waals surface area contributed by atoms with E-state index in [2.05, 4.69) is 66.6 Å².